The minimum atomic E-state index is -0.124. The van der Waals surface area contributed by atoms with E-state index >= 15 is 0 Å². The monoisotopic (exact) mass is 250 g/mol. The molecule has 0 spiro atoms. The molecule has 3 N–H and O–H groups in total. The molecule has 1 aliphatic heterocycles. The molecule has 0 aromatic carbocycles. The van der Waals surface area contributed by atoms with Crippen molar-refractivity contribution >= 4 is 11.7 Å². The van der Waals surface area contributed by atoms with Crippen molar-refractivity contribution < 1.29 is 9.90 Å². The van der Waals surface area contributed by atoms with Gasteiger partial charge in [-0.25, -0.2) is 4.98 Å². The van der Waals surface area contributed by atoms with E-state index in [1.165, 1.54) is 0 Å². The van der Waals surface area contributed by atoms with Crippen LogP contribution in [0.4, 0.5) is 5.82 Å². The topological polar surface area (TPSA) is 77.5 Å². The van der Waals surface area contributed by atoms with E-state index < -0.39 is 0 Å². The molecular formula is C12H18N4O2. The standard InChI is InChI=1S/C12H18N4O2/c17-9-10-4-3-7-16(10)8-12(18)15-14-11-5-1-2-6-13-11/h1-2,5-6,10,17H,3-4,7-9H2,(H,13,14)(H,15,18)/t10-/m1/s1. The maximum absolute atomic E-state index is 11.7. The Hall–Kier alpha value is -1.66. The van der Waals surface area contributed by atoms with Crippen molar-refractivity contribution in [2.75, 3.05) is 25.1 Å². The predicted molar refractivity (Wildman–Crippen MR) is 67.7 cm³/mol. The molecule has 0 unspecified atom stereocenters. The van der Waals surface area contributed by atoms with Crippen LogP contribution in [-0.2, 0) is 4.79 Å². The summed E-state index contributed by atoms with van der Waals surface area (Å²) >= 11 is 0. The highest BCUT2D eigenvalue weighted by Gasteiger charge is 2.25. The second-order valence-electron chi connectivity index (χ2n) is 4.34. The molecule has 18 heavy (non-hydrogen) atoms. The number of likely N-dealkylation sites (tertiary alicyclic amines) is 1. The molecule has 2 rings (SSSR count). The second kappa shape index (κ2) is 6.32. The first-order valence-corrected chi connectivity index (χ1v) is 6.10. The molecule has 1 fully saturated rings. The minimum Gasteiger partial charge on any atom is -0.395 e. The number of hydrogen-bond acceptors (Lipinski definition) is 5. The highest BCUT2D eigenvalue weighted by atomic mass is 16.3. The van der Waals surface area contributed by atoms with Crippen molar-refractivity contribution in [2.45, 2.75) is 18.9 Å². The second-order valence-corrected chi connectivity index (χ2v) is 4.34. The first-order valence-electron chi connectivity index (χ1n) is 6.10. The number of aliphatic hydroxyl groups is 1. The van der Waals surface area contributed by atoms with E-state index in [9.17, 15) is 4.79 Å². The molecule has 1 aromatic rings. The van der Waals surface area contributed by atoms with Crippen LogP contribution in [0.5, 0.6) is 0 Å². The number of pyridine rings is 1. The molecule has 1 saturated heterocycles. The van der Waals surface area contributed by atoms with Crippen LogP contribution in [0.2, 0.25) is 0 Å². The van der Waals surface area contributed by atoms with Crippen LogP contribution in [0.1, 0.15) is 12.8 Å². The van der Waals surface area contributed by atoms with Gasteiger partial charge in [-0.3, -0.25) is 20.5 Å². The van der Waals surface area contributed by atoms with Crippen LogP contribution >= 0.6 is 0 Å². The Morgan fingerprint density at radius 1 is 1.56 bits per heavy atom. The van der Waals surface area contributed by atoms with Crippen molar-refractivity contribution in [1.82, 2.24) is 15.3 Å². The lowest BCUT2D eigenvalue weighted by molar-refractivity contribution is -0.122. The Kier molecular flexibility index (Phi) is 4.49. The van der Waals surface area contributed by atoms with E-state index in [1.807, 2.05) is 17.0 Å². The number of nitrogens with one attached hydrogen (secondary N) is 2. The molecule has 0 radical (unpaired) electrons. The van der Waals surface area contributed by atoms with E-state index in [-0.39, 0.29) is 18.6 Å². The SMILES string of the molecule is O=C(CN1CCC[C@@H]1CO)NNc1ccccn1. The Balaban J connectivity index is 1.75. The molecule has 0 aliphatic carbocycles. The average molecular weight is 250 g/mol. The van der Waals surface area contributed by atoms with Gasteiger partial charge < -0.3 is 5.11 Å². The maximum atomic E-state index is 11.7. The van der Waals surface area contributed by atoms with Gasteiger partial charge in [0, 0.05) is 12.2 Å². The zero-order valence-electron chi connectivity index (χ0n) is 10.2. The molecule has 1 atom stereocenters. The number of hydrogen-bond donors (Lipinski definition) is 3. The summed E-state index contributed by atoms with van der Waals surface area (Å²) in [6.07, 6.45) is 3.64. The summed E-state index contributed by atoms with van der Waals surface area (Å²) in [6.45, 7) is 1.27. The highest BCUT2D eigenvalue weighted by molar-refractivity contribution is 5.79. The van der Waals surface area contributed by atoms with Crippen LogP contribution in [0.3, 0.4) is 0 Å². The quantitative estimate of drug-likeness (QED) is 0.640. The van der Waals surface area contributed by atoms with Crippen LogP contribution in [0.15, 0.2) is 24.4 Å². The van der Waals surface area contributed by atoms with Gasteiger partial charge in [0.15, 0.2) is 0 Å². The number of hydrazine groups is 1. The number of carbonyl (C=O) groups excluding carboxylic acids is 1. The fourth-order valence-electron chi connectivity index (χ4n) is 2.10. The summed E-state index contributed by atoms with van der Waals surface area (Å²) in [6, 6.07) is 5.53. The fourth-order valence-corrected chi connectivity index (χ4v) is 2.10. The summed E-state index contributed by atoms with van der Waals surface area (Å²) < 4.78 is 0. The van der Waals surface area contributed by atoms with E-state index in [1.54, 1.807) is 12.3 Å². The molecule has 0 bridgehead atoms. The summed E-state index contributed by atoms with van der Waals surface area (Å²) in [7, 11) is 0. The van der Waals surface area contributed by atoms with Crippen LogP contribution in [-0.4, -0.2) is 46.6 Å². The Labute approximate surface area is 106 Å². The zero-order chi connectivity index (χ0) is 12.8. The number of carbonyl (C=O) groups is 1. The number of aromatic nitrogens is 1. The van der Waals surface area contributed by atoms with Crippen molar-refractivity contribution in [3.63, 3.8) is 0 Å². The van der Waals surface area contributed by atoms with Crippen LogP contribution in [0, 0.1) is 0 Å². The van der Waals surface area contributed by atoms with Gasteiger partial charge in [0.1, 0.15) is 5.82 Å². The van der Waals surface area contributed by atoms with Gasteiger partial charge in [-0.1, -0.05) is 6.07 Å². The largest absolute Gasteiger partial charge is 0.395 e. The third-order valence-corrected chi connectivity index (χ3v) is 3.05. The molecule has 1 aromatic heterocycles. The average Bonchev–Trinajstić information content (AvgIpc) is 2.85. The van der Waals surface area contributed by atoms with E-state index in [0.717, 1.165) is 19.4 Å². The summed E-state index contributed by atoms with van der Waals surface area (Å²) in [5.74, 6) is 0.479. The molecule has 2 heterocycles. The van der Waals surface area contributed by atoms with Crippen LogP contribution < -0.4 is 10.9 Å². The van der Waals surface area contributed by atoms with E-state index in [4.69, 9.17) is 5.11 Å². The van der Waals surface area contributed by atoms with Gasteiger partial charge in [-0.2, -0.15) is 0 Å². The number of nitrogens with zero attached hydrogens (tertiary/aromatic N) is 2. The molecule has 6 nitrogen and oxygen atoms in total. The molecule has 98 valence electrons. The molecule has 6 heteroatoms. The third kappa shape index (κ3) is 3.41. The van der Waals surface area contributed by atoms with E-state index in [0.29, 0.717) is 12.4 Å². The number of anilines is 1. The predicted octanol–water partition coefficient (Wildman–Crippen LogP) is -0.0186. The van der Waals surface area contributed by atoms with Crippen molar-refractivity contribution in [2.24, 2.45) is 0 Å². The highest BCUT2D eigenvalue weighted by Crippen LogP contribution is 2.15. The Morgan fingerprint density at radius 2 is 2.44 bits per heavy atom. The molecule has 1 amide bonds. The normalized spacial score (nSPS) is 19.7. The number of rotatable bonds is 5. The lowest BCUT2D eigenvalue weighted by Crippen LogP contribution is -2.42. The minimum absolute atomic E-state index is 0.112. The molecule has 0 saturated carbocycles. The number of aliphatic hydroxyl groups excluding tert-OH is 1. The summed E-state index contributed by atoms with van der Waals surface area (Å²) in [5.41, 5.74) is 5.35. The summed E-state index contributed by atoms with van der Waals surface area (Å²) in [5, 5.41) is 9.16. The lowest BCUT2D eigenvalue weighted by Gasteiger charge is -2.21. The first-order chi connectivity index (χ1) is 8.79. The van der Waals surface area contributed by atoms with Gasteiger partial charge >= 0.3 is 0 Å². The van der Waals surface area contributed by atoms with E-state index in [2.05, 4.69) is 15.8 Å². The number of amides is 1. The van der Waals surface area contributed by atoms with Gasteiger partial charge in [0.05, 0.1) is 13.2 Å². The Morgan fingerprint density at radius 3 is 3.17 bits per heavy atom. The molecular weight excluding hydrogens is 232 g/mol. The first kappa shape index (κ1) is 12.8. The summed E-state index contributed by atoms with van der Waals surface area (Å²) in [4.78, 5) is 17.7. The van der Waals surface area contributed by atoms with Gasteiger partial charge in [0.2, 0.25) is 0 Å². The third-order valence-electron chi connectivity index (χ3n) is 3.05. The lowest BCUT2D eigenvalue weighted by atomic mass is 10.2. The van der Waals surface area contributed by atoms with Crippen molar-refractivity contribution in [3.8, 4) is 0 Å². The van der Waals surface area contributed by atoms with Gasteiger partial charge in [-0.15, -0.1) is 0 Å². The Bertz CT molecular complexity index is 385. The van der Waals surface area contributed by atoms with Crippen molar-refractivity contribution in [1.29, 1.82) is 0 Å². The fraction of sp³-hybridized carbons (Fsp3) is 0.500. The van der Waals surface area contributed by atoms with Gasteiger partial charge in [-0.05, 0) is 31.5 Å². The zero-order valence-corrected chi connectivity index (χ0v) is 10.2. The van der Waals surface area contributed by atoms with Crippen molar-refractivity contribution in [3.05, 3.63) is 24.4 Å². The van der Waals surface area contributed by atoms with Gasteiger partial charge in [0.25, 0.3) is 5.91 Å². The molecule has 1 aliphatic rings. The maximum Gasteiger partial charge on any atom is 0.252 e. The smallest absolute Gasteiger partial charge is 0.252 e. The van der Waals surface area contributed by atoms with Crippen LogP contribution in [0.25, 0.3) is 0 Å².